The molecule has 0 saturated carbocycles. The van der Waals surface area contributed by atoms with E-state index < -0.39 is 10.2 Å². The molecule has 0 unspecified atom stereocenters. The summed E-state index contributed by atoms with van der Waals surface area (Å²) in [5.74, 6) is 0. The molecule has 1 rings (SSSR count). The van der Waals surface area contributed by atoms with Crippen molar-refractivity contribution in [1.82, 2.24) is 9.03 Å². The summed E-state index contributed by atoms with van der Waals surface area (Å²) < 4.78 is 28.3. The Hall–Kier alpha value is -0.170. The zero-order valence-electron chi connectivity index (χ0n) is 11.2. The average Bonchev–Trinajstić information content (AvgIpc) is 2.63. The van der Waals surface area contributed by atoms with Gasteiger partial charge in [0.05, 0.1) is 0 Å². The molecular weight excluding hydrogens is 250 g/mol. The number of nitrogens with one attached hydrogen (secondary N) is 1. The van der Waals surface area contributed by atoms with Crippen LogP contribution in [0.5, 0.6) is 0 Å². The highest BCUT2D eigenvalue weighted by Gasteiger charge is 2.21. The Labute approximate surface area is 111 Å². The topological polar surface area (TPSA) is 75.4 Å². The van der Waals surface area contributed by atoms with Crippen LogP contribution in [-0.2, 0) is 10.2 Å². The predicted molar refractivity (Wildman–Crippen MR) is 74.5 cm³/mol. The molecule has 1 saturated heterocycles. The van der Waals surface area contributed by atoms with Crippen LogP contribution >= 0.6 is 0 Å². The van der Waals surface area contributed by atoms with Gasteiger partial charge in [-0.3, -0.25) is 0 Å². The first kappa shape index (κ1) is 15.9. The normalized spacial score (nSPS) is 18.7. The van der Waals surface area contributed by atoms with Crippen molar-refractivity contribution < 1.29 is 8.42 Å². The van der Waals surface area contributed by atoms with Gasteiger partial charge in [0.1, 0.15) is 0 Å². The minimum atomic E-state index is -3.24. The fourth-order valence-electron chi connectivity index (χ4n) is 2.20. The van der Waals surface area contributed by atoms with Crippen LogP contribution in [0.1, 0.15) is 51.4 Å². The van der Waals surface area contributed by atoms with Gasteiger partial charge in [-0.25, -0.2) is 4.72 Å². The lowest BCUT2D eigenvalue weighted by atomic mass is 10.2. The second-order valence-electron chi connectivity index (χ2n) is 4.92. The van der Waals surface area contributed by atoms with Gasteiger partial charge in [-0.1, -0.05) is 25.7 Å². The minimum Gasteiger partial charge on any atom is -0.330 e. The second kappa shape index (κ2) is 8.85. The Morgan fingerprint density at radius 1 is 0.944 bits per heavy atom. The summed E-state index contributed by atoms with van der Waals surface area (Å²) in [4.78, 5) is 0. The highest BCUT2D eigenvalue weighted by atomic mass is 32.2. The van der Waals surface area contributed by atoms with Crippen molar-refractivity contribution in [2.45, 2.75) is 51.4 Å². The lowest BCUT2D eigenvalue weighted by molar-refractivity contribution is 0.414. The number of nitrogens with two attached hydrogens (primary N) is 1. The molecule has 0 atom stereocenters. The number of hydrogen-bond donors (Lipinski definition) is 2. The largest absolute Gasteiger partial charge is 0.330 e. The molecule has 108 valence electrons. The quantitative estimate of drug-likeness (QED) is 0.655. The smallest absolute Gasteiger partial charge is 0.279 e. The Morgan fingerprint density at radius 2 is 1.56 bits per heavy atom. The molecule has 1 aliphatic heterocycles. The maximum Gasteiger partial charge on any atom is 0.279 e. The average molecular weight is 277 g/mol. The summed E-state index contributed by atoms with van der Waals surface area (Å²) in [7, 11) is -3.24. The SMILES string of the molecule is NCCCCCCNS(=O)(=O)N1CCCCCC1. The number of rotatable bonds is 8. The highest BCUT2D eigenvalue weighted by molar-refractivity contribution is 7.87. The van der Waals surface area contributed by atoms with Crippen molar-refractivity contribution in [1.29, 1.82) is 0 Å². The maximum absolute atomic E-state index is 12.0. The molecule has 1 heterocycles. The standard InChI is InChI=1S/C12H27N3O2S/c13-9-5-1-2-6-10-14-18(16,17)15-11-7-3-4-8-12-15/h14H,1-13H2. The molecule has 0 radical (unpaired) electrons. The van der Waals surface area contributed by atoms with Crippen LogP contribution in [0.15, 0.2) is 0 Å². The summed E-state index contributed by atoms with van der Waals surface area (Å²) in [6, 6.07) is 0. The van der Waals surface area contributed by atoms with Gasteiger partial charge in [0, 0.05) is 19.6 Å². The van der Waals surface area contributed by atoms with Crippen molar-refractivity contribution in [3.8, 4) is 0 Å². The van der Waals surface area contributed by atoms with E-state index in [2.05, 4.69) is 4.72 Å². The van der Waals surface area contributed by atoms with E-state index in [1.807, 2.05) is 0 Å². The van der Waals surface area contributed by atoms with Crippen LogP contribution in [0, 0.1) is 0 Å². The molecule has 0 amide bonds. The van der Waals surface area contributed by atoms with Crippen molar-refractivity contribution in [2.24, 2.45) is 5.73 Å². The Bertz CT molecular complexity index is 298. The third kappa shape index (κ3) is 6.13. The summed E-state index contributed by atoms with van der Waals surface area (Å²) in [5, 5.41) is 0. The molecule has 0 spiro atoms. The Kier molecular flexibility index (Phi) is 7.81. The van der Waals surface area contributed by atoms with Gasteiger partial charge in [0.25, 0.3) is 10.2 Å². The van der Waals surface area contributed by atoms with Crippen LogP contribution in [-0.4, -0.2) is 38.9 Å². The van der Waals surface area contributed by atoms with E-state index in [9.17, 15) is 8.42 Å². The first-order valence-electron chi connectivity index (χ1n) is 7.11. The monoisotopic (exact) mass is 277 g/mol. The van der Waals surface area contributed by atoms with Crippen molar-refractivity contribution >= 4 is 10.2 Å². The lowest BCUT2D eigenvalue weighted by Crippen LogP contribution is -2.41. The molecule has 0 bridgehead atoms. The van der Waals surface area contributed by atoms with E-state index in [-0.39, 0.29) is 0 Å². The van der Waals surface area contributed by atoms with Gasteiger partial charge in [-0.15, -0.1) is 0 Å². The van der Waals surface area contributed by atoms with Crippen molar-refractivity contribution in [3.63, 3.8) is 0 Å². The van der Waals surface area contributed by atoms with Gasteiger partial charge < -0.3 is 5.73 Å². The fraction of sp³-hybridized carbons (Fsp3) is 1.00. The number of unbranched alkanes of at least 4 members (excludes halogenated alkanes) is 3. The predicted octanol–water partition coefficient (Wildman–Crippen LogP) is 1.22. The fourth-order valence-corrected chi connectivity index (χ4v) is 3.52. The van der Waals surface area contributed by atoms with Gasteiger partial charge in [0.15, 0.2) is 0 Å². The van der Waals surface area contributed by atoms with Gasteiger partial charge in [-0.05, 0) is 32.2 Å². The third-order valence-electron chi connectivity index (χ3n) is 3.32. The highest BCUT2D eigenvalue weighted by Crippen LogP contribution is 2.12. The summed E-state index contributed by atoms with van der Waals surface area (Å²) >= 11 is 0. The second-order valence-corrected chi connectivity index (χ2v) is 6.67. The van der Waals surface area contributed by atoms with Crippen LogP contribution in [0.4, 0.5) is 0 Å². The molecule has 0 aromatic rings. The molecule has 5 nitrogen and oxygen atoms in total. The lowest BCUT2D eigenvalue weighted by Gasteiger charge is -2.20. The molecule has 1 fully saturated rings. The van der Waals surface area contributed by atoms with Crippen LogP contribution < -0.4 is 10.5 Å². The first-order chi connectivity index (χ1) is 8.67. The van der Waals surface area contributed by atoms with Crippen LogP contribution in [0.3, 0.4) is 0 Å². The third-order valence-corrected chi connectivity index (χ3v) is 4.93. The summed E-state index contributed by atoms with van der Waals surface area (Å²) in [6.45, 7) is 2.61. The molecular formula is C12H27N3O2S. The molecule has 0 aliphatic carbocycles. The minimum absolute atomic E-state index is 0.545. The maximum atomic E-state index is 12.0. The van der Waals surface area contributed by atoms with E-state index in [0.29, 0.717) is 19.6 Å². The number of hydrogen-bond acceptors (Lipinski definition) is 3. The van der Waals surface area contributed by atoms with Crippen LogP contribution in [0.2, 0.25) is 0 Å². The van der Waals surface area contributed by atoms with Gasteiger partial charge in [-0.2, -0.15) is 12.7 Å². The molecule has 0 aromatic heterocycles. The van der Waals surface area contributed by atoms with Crippen molar-refractivity contribution in [2.75, 3.05) is 26.2 Å². The zero-order valence-corrected chi connectivity index (χ0v) is 12.1. The van der Waals surface area contributed by atoms with E-state index in [0.717, 1.165) is 57.9 Å². The van der Waals surface area contributed by atoms with E-state index >= 15 is 0 Å². The zero-order chi connectivity index (χ0) is 13.3. The van der Waals surface area contributed by atoms with E-state index in [1.54, 1.807) is 4.31 Å². The molecule has 0 aromatic carbocycles. The molecule has 3 N–H and O–H groups in total. The molecule has 18 heavy (non-hydrogen) atoms. The summed E-state index contributed by atoms with van der Waals surface area (Å²) in [6.07, 6.45) is 8.30. The Balaban J connectivity index is 2.21. The van der Waals surface area contributed by atoms with Gasteiger partial charge >= 0.3 is 0 Å². The van der Waals surface area contributed by atoms with Crippen molar-refractivity contribution in [3.05, 3.63) is 0 Å². The molecule has 6 heteroatoms. The van der Waals surface area contributed by atoms with Crippen LogP contribution in [0.25, 0.3) is 0 Å². The van der Waals surface area contributed by atoms with Gasteiger partial charge in [0.2, 0.25) is 0 Å². The van der Waals surface area contributed by atoms with E-state index in [1.165, 1.54) is 0 Å². The number of nitrogens with zero attached hydrogens (tertiary/aromatic N) is 1. The first-order valence-corrected chi connectivity index (χ1v) is 8.55. The molecule has 1 aliphatic rings. The van der Waals surface area contributed by atoms with E-state index in [4.69, 9.17) is 5.73 Å². The summed E-state index contributed by atoms with van der Waals surface area (Å²) in [5.41, 5.74) is 5.41. The Morgan fingerprint density at radius 3 is 2.17 bits per heavy atom.